The first kappa shape index (κ1) is 17.7. The first-order valence-electron chi connectivity index (χ1n) is 7.59. The fourth-order valence-corrected chi connectivity index (χ4v) is 3.44. The molecule has 0 saturated heterocycles. The second-order valence-corrected chi connectivity index (χ2v) is 6.51. The molecule has 0 saturated carbocycles. The van der Waals surface area contributed by atoms with Crippen LogP contribution >= 0.6 is 23.2 Å². The summed E-state index contributed by atoms with van der Waals surface area (Å²) < 4.78 is 5.18. The van der Waals surface area contributed by atoms with Gasteiger partial charge in [-0.05, 0) is 29.3 Å². The molecule has 1 aliphatic rings. The third-order valence-electron chi connectivity index (χ3n) is 4.18. The number of rotatable bonds is 4. The van der Waals surface area contributed by atoms with Crippen molar-refractivity contribution >= 4 is 35.1 Å². The topological polar surface area (TPSA) is 65.2 Å². The summed E-state index contributed by atoms with van der Waals surface area (Å²) in [5.74, 6) is 0.212. The maximum atomic E-state index is 11.1. The lowest BCUT2D eigenvalue weighted by atomic mass is 9.81. The summed E-state index contributed by atoms with van der Waals surface area (Å²) in [6.45, 7) is 0. The van der Waals surface area contributed by atoms with Crippen LogP contribution in [-0.2, 0) is 5.54 Å². The minimum atomic E-state index is -1.07. The Morgan fingerprint density at radius 1 is 1.28 bits per heavy atom. The monoisotopic (exact) mass is 374 g/mol. The lowest BCUT2D eigenvalue weighted by Crippen LogP contribution is -2.46. The van der Waals surface area contributed by atoms with E-state index in [2.05, 4.69) is 4.98 Å². The van der Waals surface area contributed by atoms with Crippen molar-refractivity contribution in [3.63, 3.8) is 0 Å². The Bertz CT molecular complexity index is 879. The van der Waals surface area contributed by atoms with Gasteiger partial charge in [0.2, 0.25) is 5.88 Å². The maximum absolute atomic E-state index is 11.1. The van der Waals surface area contributed by atoms with Gasteiger partial charge in [-0.2, -0.15) is 0 Å². The number of nitrogens with two attached hydrogens (primary N) is 1. The third kappa shape index (κ3) is 3.09. The van der Waals surface area contributed by atoms with Crippen molar-refractivity contribution in [3.8, 4) is 5.88 Å². The molecule has 0 spiro atoms. The molecule has 0 radical (unpaired) electrons. The Labute approximate surface area is 155 Å². The summed E-state index contributed by atoms with van der Waals surface area (Å²) in [5.41, 5.74) is 8.01. The van der Waals surface area contributed by atoms with Crippen molar-refractivity contribution in [1.82, 2.24) is 4.98 Å². The van der Waals surface area contributed by atoms with Crippen LogP contribution in [-0.4, -0.2) is 23.8 Å². The summed E-state index contributed by atoms with van der Waals surface area (Å²) in [6, 6.07) is 10.7. The molecule has 1 aromatic heterocycles. The van der Waals surface area contributed by atoms with E-state index in [1.54, 1.807) is 24.3 Å². The minimum absolute atomic E-state index is 0.212. The number of allylic oxidation sites excluding steroid dienone is 2. The number of alkyl halides is 1. The Hall–Kier alpha value is -2.14. The maximum Gasteiger partial charge on any atom is 0.224 e. The third-order valence-corrected chi connectivity index (χ3v) is 5.10. The molecule has 2 unspecified atom stereocenters. The zero-order valence-electron chi connectivity index (χ0n) is 13.4. The van der Waals surface area contributed by atoms with Gasteiger partial charge in [0.15, 0.2) is 6.29 Å². The van der Waals surface area contributed by atoms with Gasteiger partial charge in [0.1, 0.15) is 0 Å². The fraction of sp³-hybridized carbons (Fsp3) is 0.158. The number of nitrogens with zero attached hydrogens (tertiary/aromatic N) is 1. The van der Waals surface area contributed by atoms with Gasteiger partial charge in [0.05, 0.1) is 29.3 Å². The molecule has 0 amide bonds. The zero-order chi connectivity index (χ0) is 18.0. The molecule has 2 N–H and O–H groups in total. The number of benzene rings is 1. The summed E-state index contributed by atoms with van der Waals surface area (Å²) in [6.07, 6.45) is 6.19. The van der Waals surface area contributed by atoms with Crippen LogP contribution in [0.1, 0.15) is 21.6 Å². The van der Waals surface area contributed by atoms with Gasteiger partial charge in [-0.25, -0.2) is 4.98 Å². The highest BCUT2D eigenvalue weighted by Crippen LogP contribution is 2.41. The van der Waals surface area contributed by atoms with Crippen molar-refractivity contribution in [2.45, 2.75) is 10.9 Å². The first-order chi connectivity index (χ1) is 12.0. The molecule has 1 aliphatic carbocycles. The minimum Gasteiger partial charge on any atom is -0.480 e. The molecule has 25 heavy (non-hydrogen) atoms. The van der Waals surface area contributed by atoms with Gasteiger partial charge in [0, 0.05) is 5.02 Å². The summed E-state index contributed by atoms with van der Waals surface area (Å²) in [5, 5.41) is -0.00409. The number of methoxy groups -OCH3 is 1. The fourth-order valence-electron chi connectivity index (χ4n) is 2.82. The molecule has 1 heterocycles. The number of aldehydes is 1. The van der Waals surface area contributed by atoms with E-state index in [1.807, 2.05) is 30.4 Å². The second kappa shape index (κ2) is 7.00. The smallest absolute Gasteiger partial charge is 0.224 e. The molecule has 128 valence electrons. The highest BCUT2D eigenvalue weighted by Gasteiger charge is 2.39. The lowest BCUT2D eigenvalue weighted by Gasteiger charge is -2.35. The molecule has 0 aliphatic heterocycles. The SMILES string of the molecule is COc1nc(C2(N)C=CC=C(c3ccccc3Cl)C2Cl)ccc1C=O. The summed E-state index contributed by atoms with van der Waals surface area (Å²) in [7, 11) is 1.45. The van der Waals surface area contributed by atoms with Crippen molar-refractivity contribution < 1.29 is 9.53 Å². The van der Waals surface area contributed by atoms with Gasteiger partial charge >= 0.3 is 0 Å². The average Bonchev–Trinajstić information content (AvgIpc) is 2.64. The van der Waals surface area contributed by atoms with Crippen LogP contribution in [0.15, 0.2) is 54.6 Å². The Morgan fingerprint density at radius 3 is 2.72 bits per heavy atom. The van der Waals surface area contributed by atoms with Crippen LogP contribution in [0.2, 0.25) is 5.02 Å². The van der Waals surface area contributed by atoms with Crippen LogP contribution in [0.5, 0.6) is 5.88 Å². The van der Waals surface area contributed by atoms with Crippen LogP contribution in [0.3, 0.4) is 0 Å². The van der Waals surface area contributed by atoms with E-state index in [4.69, 9.17) is 33.7 Å². The van der Waals surface area contributed by atoms with E-state index >= 15 is 0 Å². The van der Waals surface area contributed by atoms with Crippen LogP contribution in [0.25, 0.3) is 5.57 Å². The predicted octanol–water partition coefficient (Wildman–Crippen LogP) is 3.97. The summed E-state index contributed by atoms with van der Waals surface area (Å²) >= 11 is 13.1. The van der Waals surface area contributed by atoms with Crippen molar-refractivity contribution in [1.29, 1.82) is 0 Å². The zero-order valence-corrected chi connectivity index (χ0v) is 15.0. The van der Waals surface area contributed by atoms with E-state index in [1.165, 1.54) is 7.11 Å². The quantitative estimate of drug-likeness (QED) is 0.649. The molecular weight excluding hydrogens is 359 g/mol. The lowest BCUT2D eigenvalue weighted by molar-refractivity contribution is 0.111. The van der Waals surface area contributed by atoms with Crippen molar-refractivity contribution in [2.75, 3.05) is 7.11 Å². The van der Waals surface area contributed by atoms with Gasteiger partial charge in [-0.1, -0.05) is 48.0 Å². The van der Waals surface area contributed by atoms with E-state index in [0.717, 1.165) is 11.1 Å². The van der Waals surface area contributed by atoms with Gasteiger partial charge < -0.3 is 10.5 Å². The number of carbonyl (C=O) groups excluding carboxylic acids is 1. The predicted molar refractivity (Wildman–Crippen MR) is 100 cm³/mol. The molecule has 0 fully saturated rings. The molecule has 1 aromatic carbocycles. The standard InChI is InChI=1S/C19H16Cl2N2O2/c1-25-18-12(11-24)8-9-16(23-18)19(22)10-4-6-14(17(19)21)13-5-2-3-7-15(13)20/h2-11,17H,22H2,1H3. The van der Waals surface area contributed by atoms with E-state index in [9.17, 15) is 4.79 Å². The van der Waals surface area contributed by atoms with E-state index in [-0.39, 0.29) is 5.88 Å². The normalized spacial score (nSPS) is 22.4. The highest BCUT2D eigenvalue weighted by atomic mass is 35.5. The summed E-state index contributed by atoms with van der Waals surface area (Å²) in [4.78, 5) is 15.5. The molecular formula is C19H16Cl2N2O2. The second-order valence-electron chi connectivity index (χ2n) is 5.67. The van der Waals surface area contributed by atoms with Crippen LogP contribution in [0, 0.1) is 0 Å². The van der Waals surface area contributed by atoms with Crippen LogP contribution in [0.4, 0.5) is 0 Å². The number of carbonyl (C=O) groups is 1. The van der Waals surface area contributed by atoms with Crippen LogP contribution < -0.4 is 10.5 Å². The molecule has 2 atom stereocenters. The number of hydrogen-bond donors (Lipinski definition) is 1. The Morgan fingerprint density at radius 2 is 2.04 bits per heavy atom. The molecule has 0 bridgehead atoms. The van der Waals surface area contributed by atoms with Crippen molar-refractivity contribution in [2.24, 2.45) is 5.73 Å². The van der Waals surface area contributed by atoms with Gasteiger partial charge in [-0.3, -0.25) is 4.79 Å². The average molecular weight is 375 g/mol. The van der Waals surface area contributed by atoms with Gasteiger partial charge in [0.25, 0.3) is 0 Å². The molecule has 4 nitrogen and oxygen atoms in total. The van der Waals surface area contributed by atoms with E-state index in [0.29, 0.717) is 22.6 Å². The number of pyridine rings is 1. The number of ether oxygens (including phenoxy) is 1. The highest BCUT2D eigenvalue weighted by molar-refractivity contribution is 6.34. The van der Waals surface area contributed by atoms with Gasteiger partial charge in [-0.15, -0.1) is 11.6 Å². The Balaban J connectivity index is 2.06. The number of aromatic nitrogens is 1. The molecule has 6 heteroatoms. The molecule has 3 rings (SSSR count). The first-order valence-corrected chi connectivity index (χ1v) is 8.40. The number of hydrogen-bond acceptors (Lipinski definition) is 4. The number of halogens is 2. The van der Waals surface area contributed by atoms with Crippen molar-refractivity contribution in [3.05, 3.63) is 76.5 Å². The van der Waals surface area contributed by atoms with E-state index < -0.39 is 10.9 Å². The molecule has 2 aromatic rings. The largest absolute Gasteiger partial charge is 0.480 e. The Kier molecular flexibility index (Phi) is 4.95.